The molecular weight excluding hydrogens is 592 g/mol. The zero-order chi connectivity index (χ0) is 31.6. The summed E-state index contributed by atoms with van der Waals surface area (Å²) in [5.41, 5.74) is 8.47. The molecule has 0 radical (unpaired) electrons. The zero-order valence-electron chi connectivity index (χ0n) is 25.7. The van der Waals surface area contributed by atoms with E-state index in [1.165, 1.54) is 10.8 Å². The standard InChI is InChI=1S/C42H28N4O2/c1-2-10-26(11-3-1)40-44-41(33-15-8-14-31-30-13-6-7-16-35(30)48-39(31)33)46-42(45-40)34-23-43-24-37-38(34)32-20-19-29(22-36(32)47-37)28-18-17-25-9-4-5-12-27(25)21-28/h1-24,41-42,46H,(H,44,45). The van der Waals surface area contributed by atoms with E-state index >= 15 is 0 Å². The van der Waals surface area contributed by atoms with Gasteiger partial charge in [-0.1, -0.05) is 109 Å². The molecule has 0 saturated heterocycles. The van der Waals surface area contributed by atoms with Crippen LogP contribution in [0.1, 0.15) is 29.0 Å². The lowest BCUT2D eigenvalue weighted by molar-refractivity contribution is 0.409. The molecule has 48 heavy (non-hydrogen) atoms. The summed E-state index contributed by atoms with van der Waals surface area (Å²) in [6.07, 6.45) is 3.00. The SMILES string of the molecule is c1ccc(C2=NC(c3cncc4oc5cc(-c6ccc7ccccc7c6)ccc5c34)NC(c3cccc4c3oc3ccccc34)N2)cc1. The summed E-state index contributed by atoms with van der Waals surface area (Å²) in [5.74, 6) is 0.792. The summed E-state index contributed by atoms with van der Waals surface area (Å²) >= 11 is 0. The lowest BCUT2D eigenvalue weighted by Crippen LogP contribution is -2.45. The number of rotatable bonds is 4. The van der Waals surface area contributed by atoms with Crippen LogP contribution in [0.25, 0.3) is 65.8 Å². The van der Waals surface area contributed by atoms with E-state index in [1.54, 1.807) is 6.20 Å². The Hall–Kier alpha value is -6.24. The molecule has 6 nitrogen and oxygen atoms in total. The maximum Gasteiger partial charge on any atom is 0.154 e. The Morgan fingerprint density at radius 2 is 1.31 bits per heavy atom. The number of aliphatic imine (C=N–C) groups is 1. The Labute approximate surface area is 275 Å². The van der Waals surface area contributed by atoms with Crippen LogP contribution in [0.5, 0.6) is 0 Å². The third kappa shape index (κ3) is 4.31. The molecule has 0 bridgehead atoms. The van der Waals surface area contributed by atoms with E-state index in [9.17, 15) is 0 Å². The van der Waals surface area contributed by atoms with Crippen LogP contribution < -0.4 is 10.6 Å². The molecular formula is C42H28N4O2. The van der Waals surface area contributed by atoms with E-state index in [1.807, 2.05) is 42.6 Å². The van der Waals surface area contributed by atoms with Crippen LogP contribution in [0.15, 0.2) is 160 Å². The van der Waals surface area contributed by atoms with Crippen LogP contribution in [0.4, 0.5) is 0 Å². The molecule has 0 saturated carbocycles. The van der Waals surface area contributed by atoms with E-state index < -0.39 is 6.17 Å². The normalized spacial score (nSPS) is 16.5. The van der Waals surface area contributed by atoms with Crippen LogP contribution in [-0.2, 0) is 0 Å². The van der Waals surface area contributed by atoms with Crippen LogP contribution in [0.2, 0.25) is 0 Å². The fourth-order valence-corrected chi connectivity index (χ4v) is 7.13. The van der Waals surface area contributed by atoms with Gasteiger partial charge in [0.25, 0.3) is 0 Å². The van der Waals surface area contributed by atoms with E-state index in [-0.39, 0.29) is 6.17 Å². The molecule has 228 valence electrons. The first kappa shape index (κ1) is 26.9. The number of benzene rings is 6. The molecule has 9 aromatic rings. The van der Waals surface area contributed by atoms with Crippen molar-refractivity contribution in [1.82, 2.24) is 15.6 Å². The highest BCUT2D eigenvalue weighted by Crippen LogP contribution is 2.39. The first-order valence-electron chi connectivity index (χ1n) is 16.1. The highest BCUT2D eigenvalue weighted by molar-refractivity contribution is 6.09. The number of aromatic nitrogens is 1. The molecule has 0 fully saturated rings. The first-order chi connectivity index (χ1) is 23.8. The van der Waals surface area contributed by atoms with Crippen molar-refractivity contribution in [3.63, 3.8) is 0 Å². The Morgan fingerprint density at radius 1 is 0.521 bits per heavy atom. The third-order valence-corrected chi connectivity index (χ3v) is 9.45. The second-order valence-corrected chi connectivity index (χ2v) is 12.3. The number of nitrogens with one attached hydrogen (secondary N) is 2. The largest absolute Gasteiger partial charge is 0.456 e. The van der Waals surface area contributed by atoms with Crippen molar-refractivity contribution in [2.45, 2.75) is 12.3 Å². The molecule has 3 aromatic heterocycles. The minimum absolute atomic E-state index is 0.292. The summed E-state index contributed by atoms with van der Waals surface area (Å²) < 4.78 is 12.9. The topological polar surface area (TPSA) is 75.6 Å². The number of pyridine rings is 1. The van der Waals surface area contributed by atoms with Crippen LogP contribution in [-0.4, -0.2) is 10.8 Å². The van der Waals surface area contributed by atoms with Crippen molar-refractivity contribution in [2.75, 3.05) is 0 Å². The van der Waals surface area contributed by atoms with Gasteiger partial charge in [-0.15, -0.1) is 0 Å². The molecule has 2 N–H and O–H groups in total. The van der Waals surface area contributed by atoms with E-state index in [0.717, 1.165) is 77.5 Å². The average Bonchev–Trinajstić information content (AvgIpc) is 3.73. The van der Waals surface area contributed by atoms with Crippen molar-refractivity contribution in [3.8, 4) is 11.1 Å². The Morgan fingerprint density at radius 3 is 2.25 bits per heavy atom. The van der Waals surface area contributed by atoms with Crippen molar-refractivity contribution < 1.29 is 8.83 Å². The molecule has 2 unspecified atom stereocenters. The van der Waals surface area contributed by atoms with Crippen LogP contribution in [0, 0.1) is 0 Å². The van der Waals surface area contributed by atoms with Gasteiger partial charge in [-0.25, -0.2) is 4.99 Å². The van der Waals surface area contributed by atoms with Gasteiger partial charge in [0.1, 0.15) is 34.9 Å². The summed E-state index contributed by atoms with van der Waals surface area (Å²) in [4.78, 5) is 9.86. The highest BCUT2D eigenvalue weighted by atomic mass is 16.3. The van der Waals surface area contributed by atoms with Crippen molar-refractivity contribution in [2.24, 2.45) is 4.99 Å². The van der Waals surface area contributed by atoms with Gasteiger partial charge in [-0.2, -0.15) is 0 Å². The maximum absolute atomic E-state index is 6.48. The number of fused-ring (bicyclic) bond motifs is 7. The molecule has 0 spiro atoms. The van der Waals surface area contributed by atoms with Gasteiger partial charge in [0, 0.05) is 44.4 Å². The Kier molecular flexibility index (Phi) is 5.98. The minimum Gasteiger partial charge on any atom is -0.456 e. The van der Waals surface area contributed by atoms with Crippen molar-refractivity contribution in [1.29, 1.82) is 0 Å². The second-order valence-electron chi connectivity index (χ2n) is 12.3. The van der Waals surface area contributed by atoms with Gasteiger partial charge in [0.15, 0.2) is 5.58 Å². The molecule has 1 aliphatic rings. The van der Waals surface area contributed by atoms with Crippen molar-refractivity contribution >= 4 is 60.5 Å². The summed E-state index contributed by atoms with van der Waals surface area (Å²) in [6, 6.07) is 46.2. The number of amidine groups is 1. The van der Waals surface area contributed by atoms with E-state index in [2.05, 4.69) is 113 Å². The number of para-hydroxylation sites is 2. The lowest BCUT2D eigenvalue weighted by Gasteiger charge is -2.32. The van der Waals surface area contributed by atoms with Crippen molar-refractivity contribution in [3.05, 3.63) is 163 Å². The quantitative estimate of drug-likeness (QED) is 0.205. The van der Waals surface area contributed by atoms with Gasteiger partial charge >= 0.3 is 0 Å². The smallest absolute Gasteiger partial charge is 0.154 e. The molecule has 10 rings (SSSR count). The van der Waals surface area contributed by atoms with Gasteiger partial charge < -0.3 is 14.2 Å². The molecule has 1 aliphatic heterocycles. The second kappa shape index (κ2) is 10.7. The van der Waals surface area contributed by atoms with Gasteiger partial charge in [0.05, 0.1) is 6.20 Å². The fraction of sp³-hybridized carbons (Fsp3) is 0.0476. The van der Waals surface area contributed by atoms with E-state index in [0.29, 0.717) is 0 Å². The Balaban J connectivity index is 1.11. The lowest BCUT2D eigenvalue weighted by atomic mass is 9.99. The molecule has 4 heterocycles. The minimum atomic E-state index is -0.414. The number of hydrogen-bond donors (Lipinski definition) is 2. The summed E-state index contributed by atoms with van der Waals surface area (Å²) in [7, 11) is 0. The number of furan rings is 2. The molecule has 0 aliphatic carbocycles. The number of hydrogen-bond acceptors (Lipinski definition) is 6. The molecule has 2 atom stereocenters. The predicted octanol–water partition coefficient (Wildman–Crippen LogP) is 10.0. The van der Waals surface area contributed by atoms with Gasteiger partial charge in [-0.05, 0) is 46.2 Å². The summed E-state index contributed by atoms with van der Waals surface area (Å²) in [5, 5.41) is 14.1. The van der Waals surface area contributed by atoms with E-state index in [4.69, 9.17) is 13.8 Å². The Bertz CT molecular complexity index is 2710. The van der Waals surface area contributed by atoms with Crippen LogP contribution in [0.3, 0.4) is 0 Å². The number of nitrogens with zero attached hydrogens (tertiary/aromatic N) is 2. The zero-order valence-corrected chi connectivity index (χ0v) is 25.7. The highest BCUT2D eigenvalue weighted by Gasteiger charge is 2.30. The first-order valence-corrected chi connectivity index (χ1v) is 16.1. The average molecular weight is 621 g/mol. The molecule has 6 aromatic carbocycles. The fourth-order valence-electron chi connectivity index (χ4n) is 7.13. The van der Waals surface area contributed by atoms with Gasteiger partial charge in [0.2, 0.25) is 0 Å². The summed E-state index contributed by atoms with van der Waals surface area (Å²) in [6.45, 7) is 0. The van der Waals surface area contributed by atoms with Crippen LogP contribution >= 0.6 is 0 Å². The maximum atomic E-state index is 6.48. The third-order valence-electron chi connectivity index (χ3n) is 9.45. The monoisotopic (exact) mass is 620 g/mol. The molecule has 0 amide bonds. The van der Waals surface area contributed by atoms with Gasteiger partial charge in [-0.3, -0.25) is 10.3 Å². The molecule has 6 heteroatoms. The predicted molar refractivity (Wildman–Crippen MR) is 193 cm³/mol.